The van der Waals surface area contributed by atoms with Crippen molar-refractivity contribution in [3.63, 3.8) is 0 Å². The Hall–Kier alpha value is -1.07. The van der Waals surface area contributed by atoms with Crippen molar-refractivity contribution in [2.75, 3.05) is 26.8 Å². The first-order valence-corrected chi connectivity index (χ1v) is 6.54. The third-order valence-electron chi connectivity index (χ3n) is 2.58. The van der Waals surface area contributed by atoms with Crippen molar-refractivity contribution in [1.29, 1.82) is 0 Å². The van der Waals surface area contributed by atoms with E-state index in [1.54, 1.807) is 13.3 Å². The van der Waals surface area contributed by atoms with E-state index in [4.69, 9.17) is 9.47 Å². The molecule has 104 valence electrons. The summed E-state index contributed by atoms with van der Waals surface area (Å²) in [5.41, 5.74) is 0. The molecule has 1 aromatic rings. The fourth-order valence-corrected chi connectivity index (χ4v) is 1.58. The predicted octanol–water partition coefficient (Wildman–Crippen LogP) is 1.86. The van der Waals surface area contributed by atoms with E-state index in [1.165, 1.54) is 0 Å². The quantitative estimate of drug-likeness (QED) is 0.684. The Labute approximate surface area is 109 Å². The van der Waals surface area contributed by atoms with Crippen molar-refractivity contribution in [2.45, 2.75) is 39.3 Å². The number of hydrogen-bond acceptors (Lipinski definition) is 4. The second kappa shape index (κ2) is 8.11. The van der Waals surface area contributed by atoms with Gasteiger partial charge in [0.25, 0.3) is 0 Å². The van der Waals surface area contributed by atoms with Gasteiger partial charge in [0, 0.05) is 26.3 Å². The molecule has 0 bridgehead atoms. The summed E-state index contributed by atoms with van der Waals surface area (Å²) in [6.07, 6.45) is 4.86. The fraction of sp³-hybridized carbons (Fsp3) is 0.769. The van der Waals surface area contributed by atoms with E-state index in [9.17, 15) is 0 Å². The first-order valence-electron chi connectivity index (χ1n) is 6.54. The van der Waals surface area contributed by atoms with Crippen LogP contribution in [0.2, 0.25) is 0 Å². The molecule has 1 rings (SSSR count). The van der Waals surface area contributed by atoms with Gasteiger partial charge in [-0.2, -0.15) is 5.10 Å². The molecule has 18 heavy (non-hydrogen) atoms. The second-order valence-electron chi connectivity index (χ2n) is 4.73. The minimum atomic E-state index is 0.136. The van der Waals surface area contributed by atoms with Gasteiger partial charge >= 0.3 is 0 Å². The molecule has 0 aliphatic rings. The highest BCUT2D eigenvalue weighted by molar-refractivity contribution is 5.12. The van der Waals surface area contributed by atoms with Crippen LogP contribution < -0.4 is 10.1 Å². The summed E-state index contributed by atoms with van der Waals surface area (Å²) in [4.78, 5) is 0. The Morgan fingerprint density at radius 1 is 1.39 bits per heavy atom. The van der Waals surface area contributed by atoms with Crippen LogP contribution in [0.3, 0.4) is 0 Å². The number of nitrogens with one attached hydrogen (secondary N) is 1. The molecule has 1 unspecified atom stereocenters. The largest absolute Gasteiger partial charge is 0.486 e. The highest BCUT2D eigenvalue weighted by Gasteiger charge is 2.07. The number of hydrogen-bond donors (Lipinski definition) is 1. The monoisotopic (exact) mass is 255 g/mol. The first kappa shape index (κ1) is 15.0. The van der Waals surface area contributed by atoms with Crippen LogP contribution in [-0.4, -0.2) is 42.7 Å². The fourth-order valence-electron chi connectivity index (χ4n) is 1.58. The van der Waals surface area contributed by atoms with Crippen LogP contribution in [0.4, 0.5) is 0 Å². The molecule has 1 aromatic heterocycles. The molecule has 0 saturated carbocycles. The van der Waals surface area contributed by atoms with E-state index in [-0.39, 0.29) is 6.10 Å². The van der Waals surface area contributed by atoms with Crippen LogP contribution in [0, 0.1) is 0 Å². The number of nitrogens with zero attached hydrogens (tertiary/aromatic N) is 2. The van der Waals surface area contributed by atoms with Gasteiger partial charge in [0.15, 0.2) is 5.75 Å². The maximum Gasteiger partial charge on any atom is 0.157 e. The smallest absolute Gasteiger partial charge is 0.157 e. The van der Waals surface area contributed by atoms with Gasteiger partial charge in [0.2, 0.25) is 0 Å². The molecular formula is C13H25N3O2. The molecule has 0 amide bonds. The lowest BCUT2D eigenvalue weighted by Gasteiger charge is -2.14. The SMILES string of the molecule is COCCCNCC(C)Oc1cnn(C(C)C)c1. The maximum absolute atomic E-state index is 5.77. The van der Waals surface area contributed by atoms with Crippen molar-refractivity contribution in [3.05, 3.63) is 12.4 Å². The Bertz CT molecular complexity index is 326. The minimum absolute atomic E-state index is 0.136. The molecule has 0 aliphatic carbocycles. The van der Waals surface area contributed by atoms with E-state index < -0.39 is 0 Å². The van der Waals surface area contributed by atoms with E-state index >= 15 is 0 Å². The van der Waals surface area contributed by atoms with Gasteiger partial charge in [-0.3, -0.25) is 4.68 Å². The van der Waals surface area contributed by atoms with Gasteiger partial charge in [0.1, 0.15) is 6.10 Å². The van der Waals surface area contributed by atoms with Gasteiger partial charge in [-0.1, -0.05) is 0 Å². The Morgan fingerprint density at radius 3 is 2.78 bits per heavy atom. The summed E-state index contributed by atoms with van der Waals surface area (Å²) in [6.45, 7) is 8.82. The molecule has 0 saturated heterocycles. The zero-order chi connectivity index (χ0) is 13.4. The average molecular weight is 255 g/mol. The van der Waals surface area contributed by atoms with Crippen LogP contribution in [0.15, 0.2) is 12.4 Å². The normalized spacial score (nSPS) is 12.9. The average Bonchev–Trinajstić information content (AvgIpc) is 2.77. The van der Waals surface area contributed by atoms with Gasteiger partial charge in [-0.05, 0) is 33.7 Å². The molecular weight excluding hydrogens is 230 g/mol. The predicted molar refractivity (Wildman–Crippen MR) is 72.1 cm³/mol. The molecule has 5 nitrogen and oxygen atoms in total. The van der Waals surface area contributed by atoms with Crippen LogP contribution >= 0.6 is 0 Å². The zero-order valence-corrected chi connectivity index (χ0v) is 11.8. The molecule has 0 fully saturated rings. The van der Waals surface area contributed by atoms with Gasteiger partial charge < -0.3 is 14.8 Å². The third kappa shape index (κ3) is 5.51. The number of ether oxygens (including phenoxy) is 2. The standard InChI is InChI=1S/C13H25N3O2/c1-11(2)16-10-13(9-15-16)18-12(3)8-14-6-5-7-17-4/h9-12,14H,5-8H2,1-4H3. The van der Waals surface area contributed by atoms with Gasteiger partial charge in [-0.15, -0.1) is 0 Å². The van der Waals surface area contributed by atoms with Crippen LogP contribution in [0.25, 0.3) is 0 Å². The highest BCUT2D eigenvalue weighted by atomic mass is 16.5. The first-order chi connectivity index (χ1) is 8.63. The lowest BCUT2D eigenvalue weighted by Crippen LogP contribution is -2.29. The van der Waals surface area contributed by atoms with Gasteiger partial charge in [0.05, 0.1) is 12.4 Å². The van der Waals surface area contributed by atoms with Crippen molar-refractivity contribution in [1.82, 2.24) is 15.1 Å². The Balaban J connectivity index is 2.20. The number of rotatable bonds is 9. The number of aromatic nitrogens is 2. The van der Waals surface area contributed by atoms with Crippen LogP contribution in [0.1, 0.15) is 33.2 Å². The Kier molecular flexibility index (Phi) is 6.75. The summed E-state index contributed by atoms with van der Waals surface area (Å²) in [5, 5.41) is 7.58. The molecule has 1 atom stereocenters. The lowest BCUT2D eigenvalue weighted by molar-refractivity contribution is 0.188. The summed E-state index contributed by atoms with van der Waals surface area (Å²) in [6, 6.07) is 0.366. The van der Waals surface area contributed by atoms with Crippen molar-refractivity contribution < 1.29 is 9.47 Å². The molecule has 0 radical (unpaired) electrons. The highest BCUT2D eigenvalue weighted by Crippen LogP contribution is 2.13. The van der Waals surface area contributed by atoms with E-state index in [1.807, 2.05) is 10.9 Å². The maximum atomic E-state index is 5.77. The van der Waals surface area contributed by atoms with E-state index in [0.717, 1.165) is 31.9 Å². The molecule has 5 heteroatoms. The van der Waals surface area contributed by atoms with Crippen LogP contribution in [0.5, 0.6) is 5.75 Å². The molecule has 0 aliphatic heterocycles. The minimum Gasteiger partial charge on any atom is -0.486 e. The zero-order valence-electron chi connectivity index (χ0n) is 11.8. The molecule has 1 N–H and O–H groups in total. The summed E-state index contributed by atoms with van der Waals surface area (Å²) >= 11 is 0. The van der Waals surface area contributed by atoms with E-state index in [2.05, 4.69) is 31.2 Å². The van der Waals surface area contributed by atoms with Crippen LogP contribution in [-0.2, 0) is 4.74 Å². The summed E-state index contributed by atoms with van der Waals surface area (Å²) < 4.78 is 12.7. The van der Waals surface area contributed by atoms with Crippen molar-refractivity contribution >= 4 is 0 Å². The van der Waals surface area contributed by atoms with Crippen molar-refractivity contribution in [3.8, 4) is 5.75 Å². The lowest BCUT2D eigenvalue weighted by atomic mass is 10.3. The molecule has 1 heterocycles. The summed E-state index contributed by atoms with van der Waals surface area (Å²) in [7, 11) is 1.72. The topological polar surface area (TPSA) is 48.3 Å². The van der Waals surface area contributed by atoms with E-state index in [0.29, 0.717) is 6.04 Å². The molecule has 0 spiro atoms. The third-order valence-corrected chi connectivity index (χ3v) is 2.58. The number of methoxy groups -OCH3 is 1. The molecule has 0 aromatic carbocycles. The summed E-state index contributed by atoms with van der Waals surface area (Å²) in [5.74, 6) is 0.829. The van der Waals surface area contributed by atoms with Crippen molar-refractivity contribution in [2.24, 2.45) is 0 Å². The van der Waals surface area contributed by atoms with Gasteiger partial charge in [-0.25, -0.2) is 0 Å². The second-order valence-corrected chi connectivity index (χ2v) is 4.73. The Morgan fingerprint density at radius 2 is 2.17 bits per heavy atom.